The molecule has 0 bridgehead atoms. The van der Waals surface area contributed by atoms with Crippen LogP contribution >= 0.6 is 11.3 Å². The third-order valence-electron chi connectivity index (χ3n) is 5.43. The molecule has 2 aromatic rings. The van der Waals surface area contributed by atoms with Crippen LogP contribution in [0.1, 0.15) is 50.1 Å². The van der Waals surface area contributed by atoms with E-state index in [1.54, 1.807) is 11.3 Å². The molecule has 0 radical (unpaired) electrons. The van der Waals surface area contributed by atoms with E-state index in [1.807, 2.05) is 23.6 Å². The van der Waals surface area contributed by atoms with Crippen LogP contribution in [-0.4, -0.2) is 31.7 Å². The second kappa shape index (κ2) is 8.88. The zero-order valence-electron chi connectivity index (χ0n) is 17.5. The van der Waals surface area contributed by atoms with E-state index in [2.05, 4.69) is 26.1 Å². The molecule has 0 spiro atoms. The molecule has 1 saturated heterocycles. The minimum absolute atomic E-state index is 0.0150. The first-order valence-electron chi connectivity index (χ1n) is 9.97. The van der Waals surface area contributed by atoms with Gasteiger partial charge in [-0.3, -0.25) is 4.79 Å². The van der Waals surface area contributed by atoms with E-state index in [0.29, 0.717) is 31.5 Å². The Balaban J connectivity index is 1.64. The molecule has 1 N–H and O–H groups in total. The first-order valence-corrected chi connectivity index (χ1v) is 12.3. The lowest BCUT2D eigenvalue weighted by atomic mass is 9.85. The number of sulfonamides is 1. The molecule has 1 aromatic carbocycles. The van der Waals surface area contributed by atoms with Crippen molar-refractivity contribution in [3.8, 4) is 6.07 Å². The van der Waals surface area contributed by atoms with Gasteiger partial charge in [0.05, 0.1) is 22.6 Å². The van der Waals surface area contributed by atoms with Crippen LogP contribution in [0, 0.1) is 22.7 Å². The minimum Gasteiger partial charge on any atom is -0.348 e. The predicted octanol–water partition coefficient (Wildman–Crippen LogP) is 3.92. The van der Waals surface area contributed by atoms with E-state index in [0.717, 1.165) is 4.88 Å². The molecule has 1 aromatic heterocycles. The Morgan fingerprint density at radius 1 is 1.20 bits per heavy atom. The van der Waals surface area contributed by atoms with Crippen LogP contribution in [0.4, 0.5) is 0 Å². The lowest BCUT2D eigenvalue weighted by molar-refractivity contribution is -0.127. The van der Waals surface area contributed by atoms with E-state index in [4.69, 9.17) is 5.26 Å². The first kappa shape index (κ1) is 22.5. The largest absolute Gasteiger partial charge is 0.348 e. The molecule has 1 amide bonds. The summed E-state index contributed by atoms with van der Waals surface area (Å²) in [5.74, 6) is -0.221. The number of nitrogens with zero attached hydrogens (tertiary/aromatic N) is 2. The number of thiophene rings is 1. The molecule has 30 heavy (non-hydrogen) atoms. The fourth-order valence-corrected chi connectivity index (χ4v) is 6.13. The van der Waals surface area contributed by atoms with Crippen LogP contribution in [-0.2, 0) is 14.8 Å². The summed E-state index contributed by atoms with van der Waals surface area (Å²) < 4.78 is 27.2. The molecule has 8 heteroatoms. The number of amides is 1. The maximum atomic E-state index is 12.9. The fraction of sp³-hybridized carbons (Fsp3) is 0.455. The maximum absolute atomic E-state index is 12.9. The molecule has 0 aliphatic carbocycles. The van der Waals surface area contributed by atoms with Gasteiger partial charge in [0.15, 0.2) is 0 Å². The predicted molar refractivity (Wildman–Crippen MR) is 117 cm³/mol. The molecule has 0 saturated carbocycles. The Morgan fingerprint density at radius 3 is 2.33 bits per heavy atom. The summed E-state index contributed by atoms with van der Waals surface area (Å²) in [5.41, 5.74) is 0.295. The van der Waals surface area contributed by atoms with Crippen molar-refractivity contribution in [1.82, 2.24) is 9.62 Å². The highest BCUT2D eigenvalue weighted by Gasteiger charge is 2.35. The Morgan fingerprint density at radius 2 is 1.83 bits per heavy atom. The Bertz CT molecular complexity index is 1010. The monoisotopic (exact) mass is 445 g/mol. The highest BCUT2D eigenvalue weighted by molar-refractivity contribution is 7.89. The molecule has 3 rings (SSSR count). The number of hydrogen-bond acceptors (Lipinski definition) is 5. The third kappa shape index (κ3) is 4.91. The quantitative estimate of drug-likeness (QED) is 0.755. The number of piperidine rings is 1. The van der Waals surface area contributed by atoms with Crippen molar-refractivity contribution < 1.29 is 13.2 Å². The summed E-state index contributed by atoms with van der Waals surface area (Å²) in [5, 5.41) is 14.1. The Hall–Kier alpha value is -2.21. The summed E-state index contributed by atoms with van der Waals surface area (Å²) in [6.45, 7) is 6.92. The van der Waals surface area contributed by atoms with E-state index in [9.17, 15) is 13.2 Å². The smallest absolute Gasteiger partial charge is 0.243 e. The second-order valence-corrected chi connectivity index (χ2v) is 11.6. The van der Waals surface area contributed by atoms with E-state index in [-0.39, 0.29) is 28.2 Å². The molecule has 1 aliphatic heterocycles. The van der Waals surface area contributed by atoms with Crippen LogP contribution in [0.25, 0.3) is 0 Å². The average molecular weight is 446 g/mol. The number of rotatable bonds is 5. The van der Waals surface area contributed by atoms with Gasteiger partial charge in [0.25, 0.3) is 0 Å². The Labute approximate surface area is 182 Å². The van der Waals surface area contributed by atoms with Gasteiger partial charge in [0, 0.05) is 23.9 Å². The molecular formula is C22H27N3O3S2. The molecular weight excluding hydrogens is 418 g/mol. The van der Waals surface area contributed by atoms with Gasteiger partial charge in [-0.15, -0.1) is 11.3 Å². The second-order valence-electron chi connectivity index (χ2n) is 8.64. The van der Waals surface area contributed by atoms with Crippen molar-refractivity contribution in [2.75, 3.05) is 13.1 Å². The lowest BCUT2D eigenvalue weighted by Crippen LogP contribution is -2.45. The molecule has 1 atom stereocenters. The topological polar surface area (TPSA) is 90.3 Å². The van der Waals surface area contributed by atoms with Crippen molar-refractivity contribution in [3.05, 3.63) is 52.2 Å². The standard InChI is InChI=1S/C22H27N3O3S2/c1-22(2,3)20(19-5-4-14-29-19)24-21(26)17-10-12-25(13-11-17)30(27,28)18-8-6-16(15-23)7-9-18/h4-9,14,17,20H,10-13H2,1-3H3,(H,24,26). The van der Waals surface area contributed by atoms with E-state index in [1.165, 1.54) is 28.6 Å². The average Bonchev–Trinajstić information content (AvgIpc) is 3.25. The molecule has 1 unspecified atom stereocenters. The molecule has 6 nitrogen and oxygen atoms in total. The SMILES string of the molecule is CC(C)(C)C(NC(=O)C1CCN(S(=O)(=O)c2ccc(C#N)cc2)CC1)c1cccs1. The summed E-state index contributed by atoms with van der Waals surface area (Å²) in [6, 6.07) is 11.9. The van der Waals surface area contributed by atoms with E-state index < -0.39 is 10.0 Å². The van der Waals surface area contributed by atoms with Gasteiger partial charge in [-0.2, -0.15) is 9.57 Å². The number of hydrogen-bond donors (Lipinski definition) is 1. The third-order valence-corrected chi connectivity index (χ3v) is 8.28. The zero-order chi connectivity index (χ0) is 21.9. The molecule has 1 aliphatic rings. The number of benzene rings is 1. The van der Waals surface area contributed by atoms with Crippen molar-refractivity contribution >= 4 is 27.3 Å². The van der Waals surface area contributed by atoms with Gasteiger partial charge < -0.3 is 5.32 Å². The van der Waals surface area contributed by atoms with Crippen molar-refractivity contribution in [2.45, 2.75) is 44.6 Å². The highest BCUT2D eigenvalue weighted by atomic mass is 32.2. The number of carbonyl (C=O) groups is 1. The van der Waals surface area contributed by atoms with Crippen LogP contribution in [0.2, 0.25) is 0 Å². The normalized spacial score (nSPS) is 17.3. The Kier molecular flexibility index (Phi) is 6.65. The fourth-order valence-electron chi connectivity index (χ4n) is 3.64. The van der Waals surface area contributed by atoms with Gasteiger partial charge in [-0.1, -0.05) is 26.8 Å². The van der Waals surface area contributed by atoms with Crippen LogP contribution < -0.4 is 5.32 Å². The van der Waals surface area contributed by atoms with Gasteiger partial charge >= 0.3 is 0 Å². The lowest BCUT2D eigenvalue weighted by Gasteiger charge is -2.34. The van der Waals surface area contributed by atoms with Gasteiger partial charge in [0.1, 0.15) is 0 Å². The van der Waals surface area contributed by atoms with Crippen LogP contribution in [0.5, 0.6) is 0 Å². The van der Waals surface area contributed by atoms with Gasteiger partial charge in [-0.05, 0) is 54.0 Å². The summed E-state index contributed by atoms with van der Waals surface area (Å²) in [6.07, 6.45) is 0.977. The molecule has 2 heterocycles. The number of nitriles is 1. The van der Waals surface area contributed by atoms with Crippen LogP contribution in [0.3, 0.4) is 0 Å². The van der Waals surface area contributed by atoms with E-state index >= 15 is 0 Å². The van der Waals surface area contributed by atoms with Crippen LogP contribution in [0.15, 0.2) is 46.7 Å². The summed E-state index contributed by atoms with van der Waals surface area (Å²) in [7, 11) is -3.62. The highest BCUT2D eigenvalue weighted by Crippen LogP contribution is 2.36. The van der Waals surface area contributed by atoms with Crippen molar-refractivity contribution in [2.24, 2.45) is 11.3 Å². The number of carbonyl (C=O) groups excluding carboxylic acids is 1. The van der Waals surface area contributed by atoms with Gasteiger partial charge in [0.2, 0.25) is 15.9 Å². The molecule has 160 valence electrons. The summed E-state index contributed by atoms with van der Waals surface area (Å²) >= 11 is 1.63. The number of nitrogens with one attached hydrogen (secondary N) is 1. The first-order chi connectivity index (χ1) is 14.1. The van der Waals surface area contributed by atoms with Crippen molar-refractivity contribution in [3.63, 3.8) is 0 Å². The van der Waals surface area contributed by atoms with Crippen molar-refractivity contribution in [1.29, 1.82) is 5.26 Å². The zero-order valence-corrected chi connectivity index (χ0v) is 19.1. The minimum atomic E-state index is -3.62. The van der Waals surface area contributed by atoms with Gasteiger partial charge in [-0.25, -0.2) is 8.42 Å². The molecule has 1 fully saturated rings. The summed E-state index contributed by atoms with van der Waals surface area (Å²) in [4.78, 5) is 14.2. The maximum Gasteiger partial charge on any atom is 0.243 e.